The summed E-state index contributed by atoms with van der Waals surface area (Å²) in [4.78, 5) is 26.0. The van der Waals surface area contributed by atoms with Crippen molar-refractivity contribution in [3.8, 4) is 0 Å². The van der Waals surface area contributed by atoms with Gasteiger partial charge in [0.05, 0.1) is 19.4 Å². The predicted octanol–water partition coefficient (Wildman–Crippen LogP) is 2.27. The molecule has 1 unspecified atom stereocenters. The fraction of sp³-hybridized carbons (Fsp3) is 0.737. The van der Waals surface area contributed by atoms with Gasteiger partial charge in [-0.15, -0.1) is 0 Å². The number of likely N-dealkylation sites (tertiary alicyclic amines) is 1. The SMILES string of the molecule is O=C(O)C(F)(F)F.O=C(c1ccno1)N1CCCC2(COCCN(CC3CC3)C2)C1. The van der Waals surface area contributed by atoms with Gasteiger partial charge in [-0.05, 0) is 31.6 Å². The molecule has 1 aromatic rings. The Morgan fingerprint density at radius 2 is 2.00 bits per heavy atom. The van der Waals surface area contributed by atoms with E-state index in [0.717, 1.165) is 58.2 Å². The predicted molar refractivity (Wildman–Crippen MR) is 97.7 cm³/mol. The van der Waals surface area contributed by atoms with Gasteiger partial charge < -0.3 is 24.2 Å². The van der Waals surface area contributed by atoms with Gasteiger partial charge in [0.2, 0.25) is 5.76 Å². The molecule has 1 aliphatic carbocycles. The Balaban J connectivity index is 0.000000318. The summed E-state index contributed by atoms with van der Waals surface area (Å²) in [6.07, 6.45) is 1.36. The first-order chi connectivity index (χ1) is 14.2. The van der Waals surface area contributed by atoms with E-state index in [-0.39, 0.29) is 11.3 Å². The molecular weight excluding hydrogens is 407 g/mol. The molecular formula is C19H26F3N3O5. The second-order valence-corrected chi connectivity index (χ2v) is 8.24. The lowest BCUT2D eigenvalue weighted by Gasteiger charge is -2.43. The van der Waals surface area contributed by atoms with Crippen molar-refractivity contribution in [2.45, 2.75) is 31.9 Å². The van der Waals surface area contributed by atoms with Crippen LogP contribution in [-0.2, 0) is 9.53 Å². The van der Waals surface area contributed by atoms with Gasteiger partial charge in [0.25, 0.3) is 5.91 Å². The van der Waals surface area contributed by atoms with E-state index in [9.17, 15) is 18.0 Å². The van der Waals surface area contributed by atoms with Gasteiger partial charge >= 0.3 is 12.1 Å². The zero-order valence-electron chi connectivity index (χ0n) is 16.6. The molecule has 8 nitrogen and oxygen atoms in total. The van der Waals surface area contributed by atoms with E-state index < -0.39 is 12.1 Å². The van der Waals surface area contributed by atoms with Gasteiger partial charge in [-0.25, -0.2) is 4.79 Å². The van der Waals surface area contributed by atoms with Crippen LogP contribution in [0.15, 0.2) is 16.8 Å². The Bertz CT molecular complexity index is 723. The molecule has 1 spiro atoms. The topological polar surface area (TPSA) is 96.1 Å². The smallest absolute Gasteiger partial charge is 0.475 e. The van der Waals surface area contributed by atoms with Gasteiger partial charge in [-0.3, -0.25) is 4.79 Å². The van der Waals surface area contributed by atoms with Crippen LogP contribution in [0.1, 0.15) is 36.2 Å². The number of aromatic nitrogens is 1. The van der Waals surface area contributed by atoms with E-state index in [0.29, 0.717) is 5.76 Å². The third kappa shape index (κ3) is 6.18. The van der Waals surface area contributed by atoms with Crippen LogP contribution in [0.5, 0.6) is 0 Å². The number of ether oxygens (including phenoxy) is 1. The van der Waals surface area contributed by atoms with Crippen LogP contribution < -0.4 is 0 Å². The second-order valence-electron chi connectivity index (χ2n) is 8.24. The van der Waals surface area contributed by atoms with Crippen molar-refractivity contribution in [3.05, 3.63) is 18.0 Å². The molecule has 1 atom stereocenters. The van der Waals surface area contributed by atoms with Crippen molar-refractivity contribution in [2.24, 2.45) is 11.3 Å². The molecule has 0 bridgehead atoms. The van der Waals surface area contributed by atoms with Crippen LogP contribution in [0, 0.1) is 11.3 Å². The molecule has 1 amide bonds. The summed E-state index contributed by atoms with van der Waals surface area (Å²) in [5.41, 5.74) is 0.0688. The Morgan fingerprint density at radius 1 is 1.27 bits per heavy atom. The number of piperidine rings is 1. The summed E-state index contributed by atoms with van der Waals surface area (Å²) < 4.78 is 42.7. The van der Waals surface area contributed by atoms with Crippen molar-refractivity contribution in [1.29, 1.82) is 0 Å². The lowest BCUT2D eigenvalue weighted by Crippen LogP contribution is -2.52. The monoisotopic (exact) mass is 433 g/mol. The third-order valence-electron chi connectivity index (χ3n) is 5.57. The summed E-state index contributed by atoms with van der Waals surface area (Å²) in [6.45, 7) is 6.38. The number of rotatable bonds is 3. The first-order valence-corrected chi connectivity index (χ1v) is 9.99. The molecule has 1 N–H and O–H groups in total. The Hall–Kier alpha value is -2.14. The van der Waals surface area contributed by atoms with E-state index in [4.69, 9.17) is 19.2 Å². The van der Waals surface area contributed by atoms with Crippen LogP contribution in [0.2, 0.25) is 0 Å². The fourth-order valence-electron chi connectivity index (χ4n) is 4.01. The van der Waals surface area contributed by atoms with E-state index in [2.05, 4.69) is 10.1 Å². The van der Waals surface area contributed by atoms with Crippen LogP contribution in [0.25, 0.3) is 0 Å². The highest BCUT2D eigenvalue weighted by molar-refractivity contribution is 5.91. The van der Waals surface area contributed by atoms with Gasteiger partial charge in [-0.1, -0.05) is 5.16 Å². The third-order valence-corrected chi connectivity index (χ3v) is 5.57. The number of hydrogen-bond donors (Lipinski definition) is 1. The molecule has 1 aromatic heterocycles. The number of alkyl halides is 3. The zero-order valence-corrected chi connectivity index (χ0v) is 16.6. The number of hydrogen-bond acceptors (Lipinski definition) is 6. The molecule has 30 heavy (non-hydrogen) atoms. The van der Waals surface area contributed by atoms with Gasteiger partial charge in [-0.2, -0.15) is 13.2 Å². The summed E-state index contributed by atoms with van der Waals surface area (Å²) in [7, 11) is 0. The number of carbonyl (C=O) groups excluding carboxylic acids is 1. The van der Waals surface area contributed by atoms with Crippen molar-refractivity contribution in [3.63, 3.8) is 0 Å². The minimum absolute atomic E-state index is 0.0421. The van der Waals surface area contributed by atoms with Gasteiger partial charge in [0.1, 0.15) is 0 Å². The average molecular weight is 433 g/mol. The Labute approximate surface area is 171 Å². The molecule has 0 radical (unpaired) electrons. The van der Waals surface area contributed by atoms with E-state index in [1.165, 1.54) is 25.6 Å². The minimum Gasteiger partial charge on any atom is -0.475 e. The molecule has 0 aromatic carbocycles. The number of halogens is 3. The highest BCUT2D eigenvalue weighted by atomic mass is 19.4. The Kier molecular flexibility index (Phi) is 7.02. The number of nitrogens with zero attached hydrogens (tertiary/aromatic N) is 3. The van der Waals surface area contributed by atoms with Crippen molar-refractivity contribution < 1.29 is 37.1 Å². The number of carboxylic acids is 1. The van der Waals surface area contributed by atoms with Crippen molar-refractivity contribution in [2.75, 3.05) is 45.9 Å². The molecule has 3 fully saturated rings. The van der Waals surface area contributed by atoms with Crippen LogP contribution in [0.4, 0.5) is 13.2 Å². The van der Waals surface area contributed by atoms with E-state index >= 15 is 0 Å². The van der Waals surface area contributed by atoms with Crippen LogP contribution in [0.3, 0.4) is 0 Å². The van der Waals surface area contributed by atoms with E-state index in [1.807, 2.05) is 4.90 Å². The number of aliphatic carboxylic acids is 1. The lowest BCUT2D eigenvalue weighted by atomic mass is 9.80. The van der Waals surface area contributed by atoms with Crippen molar-refractivity contribution >= 4 is 11.9 Å². The maximum Gasteiger partial charge on any atom is 0.490 e. The Morgan fingerprint density at radius 3 is 2.60 bits per heavy atom. The minimum atomic E-state index is -5.08. The number of carboxylic acid groups (broad SMARTS) is 1. The van der Waals surface area contributed by atoms with Crippen LogP contribution >= 0.6 is 0 Å². The number of carbonyl (C=O) groups is 2. The number of amides is 1. The molecule has 3 aliphatic rings. The summed E-state index contributed by atoms with van der Waals surface area (Å²) >= 11 is 0. The standard InChI is InChI=1S/C17H25N3O3.C2HF3O2/c21-16(15-4-6-18-23-15)20-7-1-5-17(12-20)11-19(8-9-22-13-17)10-14-2-3-14;3-2(4,5)1(6)7/h4,6,14H,1-3,5,7-13H2;(H,6,7). The molecule has 2 saturated heterocycles. The van der Waals surface area contributed by atoms with E-state index in [1.54, 1.807) is 6.07 Å². The second kappa shape index (κ2) is 9.34. The maximum atomic E-state index is 12.6. The molecule has 4 rings (SSSR count). The molecule has 2 aliphatic heterocycles. The molecule has 11 heteroatoms. The largest absolute Gasteiger partial charge is 0.490 e. The van der Waals surface area contributed by atoms with Gasteiger partial charge in [0.15, 0.2) is 0 Å². The fourth-order valence-corrected chi connectivity index (χ4v) is 4.01. The first kappa shape index (κ1) is 22.5. The summed E-state index contributed by atoms with van der Waals surface area (Å²) in [6, 6.07) is 1.65. The highest BCUT2D eigenvalue weighted by Crippen LogP contribution is 2.36. The first-order valence-electron chi connectivity index (χ1n) is 9.99. The normalized spacial score (nSPS) is 25.4. The summed E-state index contributed by atoms with van der Waals surface area (Å²) in [5, 5.41) is 10.8. The average Bonchev–Trinajstić information content (AvgIpc) is 3.37. The van der Waals surface area contributed by atoms with Gasteiger partial charge in [0, 0.05) is 44.2 Å². The molecule has 168 valence electrons. The van der Waals surface area contributed by atoms with Crippen LogP contribution in [-0.4, -0.2) is 84.1 Å². The quantitative estimate of drug-likeness (QED) is 0.781. The lowest BCUT2D eigenvalue weighted by molar-refractivity contribution is -0.192. The zero-order chi connectivity index (χ0) is 21.8. The highest BCUT2D eigenvalue weighted by Gasteiger charge is 2.41. The summed E-state index contributed by atoms with van der Waals surface area (Å²) in [5.74, 6) is -1.57. The molecule has 1 saturated carbocycles. The van der Waals surface area contributed by atoms with Crippen molar-refractivity contribution in [1.82, 2.24) is 15.0 Å². The molecule has 3 heterocycles. The maximum absolute atomic E-state index is 12.6.